The van der Waals surface area contributed by atoms with E-state index in [4.69, 9.17) is 0 Å². The normalized spacial score (nSPS) is 22.1. The van der Waals surface area contributed by atoms with E-state index in [2.05, 4.69) is 56.8 Å². The monoisotopic (exact) mass is 319 g/mol. The lowest BCUT2D eigenvalue weighted by molar-refractivity contribution is 0.374. The van der Waals surface area contributed by atoms with Crippen LogP contribution in [-0.2, 0) is 7.05 Å². The number of hydrogen-bond donors (Lipinski definition) is 1. The van der Waals surface area contributed by atoms with Crippen LogP contribution in [0.1, 0.15) is 30.0 Å². The first-order valence-corrected chi connectivity index (χ1v) is 7.43. The molecule has 0 spiro atoms. The van der Waals surface area contributed by atoms with Crippen molar-refractivity contribution in [2.75, 3.05) is 5.32 Å². The van der Waals surface area contributed by atoms with E-state index in [0.29, 0.717) is 12.0 Å². The van der Waals surface area contributed by atoms with Gasteiger partial charge in [0.15, 0.2) is 0 Å². The van der Waals surface area contributed by atoms with E-state index in [1.54, 1.807) is 0 Å². The third-order valence-corrected chi connectivity index (χ3v) is 4.32. The number of halogens is 1. The van der Waals surface area contributed by atoms with Gasteiger partial charge in [0.25, 0.3) is 0 Å². The van der Waals surface area contributed by atoms with Crippen molar-refractivity contribution in [2.24, 2.45) is 7.05 Å². The van der Waals surface area contributed by atoms with E-state index >= 15 is 0 Å². The highest BCUT2D eigenvalue weighted by molar-refractivity contribution is 9.10. The summed E-state index contributed by atoms with van der Waals surface area (Å²) in [6.07, 6.45) is 4.46. The highest BCUT2D eigenvalue weighted by Crippen LogP contribution is 2.39. The fraction of sp³-hybridized carbons (Fsp3) is 0.400. The Balaban J connectivity index is 1.60. The summed E-state index contributed by atoms with van der Waals surface area (Å²) in [5, 5.41) is 7.95. The number of nitrogens with zero attached hydrogens (tertiary/aromatic N) is 2. The van der Waals surface area contributed by atoms with Crippen LogP contribution >= 0.6 is 15.9 Å². The Hall–Kier alpha value is -1.29. The van der Waals surface area contributed by atoms with Gasteiger partial charge in [-0.05, 0) is 43.4 Å². The zero-order chi connectivity index (χ0) is 13.4. The molecule has 0 aliphatic heterocycles. The van der Waals surface area contributed by atoms with Crippen molar-refractivity contribution in [1.82, 2.24) is 9.78 Å². The van der Waals surface area contributed by atoms with Gasteiger partial charge in [0.2, 0.25) is 0 Å². The zero-order valence-corrected chi connectivity index (χ0v) is 12.8. The van der Waals surface area contributed by atoms with Crippen molar-refractivity contribution < 1.29 is 0 Å². The molecule has 0 bridgehead atoms. The van der Waals surface area contributed by atoms with Crippen molar-refractivity contribution in [1.29, 1.82) is 0 Å². The van der Waals surface area contributed by atoms with Crippen LogP contribution in [0.3, 0.4) is 0 Å². The Labute approximate surface area is 122 Å². The minimum atomic E-state index is 0.576. The maximum absolute atomic E-state index is 4.36. The lowest BCUT2D eigenvalue weighted by atomic mass is 9.76. The largest absolute Gasteiger partial charge is 0.380 e. The number of hydrogen-bond acceptors (Lipinski definition) is 2. The van der Waals surface area contributed by atoms with Crippen LogP contribution in [0.15, 0.2) is 34.9 Å². The number of rotatable bonds is 3. The zero-order valence-electron chi connectivity index (χ0n) is 11.2. The van der Waals surface area contributed by atoms with Gasteiger partial charge in [-0.3, -0.25) is 4.68 Å². The molecule has 3 nitrogen and oxygen atoms in total. The Morgan fingerprint density at radius 2 is 2.16 bits per heavy atom. The third-order valence-electron chi connectivity index (χ3n) is 3.83. The molecule has 19 heavy (non-hydrogen) atoms. The number of aromatic nitrogens is 2. The van der Waals surface area contributed by atoms with Crippen LogP contribution < -0.4 is 5.32 Å². The molecule has 1 aliphatic carbocycles. The summed E-state index contributed by atoms with van der Waals surface area (Å²) in [5.74, 6) is 0.687. The molecule has 0 saturated heterocycles. The van der Waals surface area contributed by atoms with Gasteiger partial charge < -0.3 is 5.32 Å². The molecule has 1 saturated carbocycles. The summed E-state index contributed by atoms with van der Waals surface area (Å²) in [5.41, 5.74) is 3.68. The Morgan fingerprint density at radius 1 is 1.37 bits per heavy atom. The summed E-state index contributed by atoms with van der Waals surface area (Å²) in [4.78, 5) is 0. The molecule has 1 fully saturated rings. The highest BCUT2D eigenvalue weighted by Gasteiger charge is 2.30. The second kappa shape index (κ2) is 5.00. The molecule has 1 aromatic heterocycles. The molecule has 2 aromatic rings. The quantitative estimate of drug-likeness (QED) is 0.931. The van der Waals surface area contributed by atoms with Gasteiger partial charge in [-0.2, -0.15) is 5.10 Å². The second-order valence-electron chi connectivity index (χ2n) is 5.37. The molecule has 1 aliphatic rings. The average Bonchev–Trinajstić information content (AvgIpc) is 2.61. The summed E-state index contributed by atoms with van der Waals surface area (Å²) < 4.78 is 3.03. The topological polar surface area (TPSA) is 29.9 Å². The smallest absolute Gasteiger partial charge is 0.0825 e. The van der Waals surface area contributed by atoms with Crippen molar-refractivity contribution in [3.05, 3.63) is 46.2 Å². The Morgan fingerprint density at radius 3 is 2.79 bits per heavy atom. The van der Waals surface area contributed by atoms with E-state index in [1.807, 2.05) is 18.7 Å². The Bertz CT molecular complexity index is 585. The standard InChI is InChI=1S/C15H18BrN3/c1-10-15(9-19(2)18-10)17-14-7-12(8-14)11-4-3-5-13(16)6-11/h3-6,9,12,14,17H,7-8H2,1-2H3. The highest BCUT2D eigenvalue weighted by atomic mass is 79.9. The number of benzene rings is 1. The number of aryl methyl sites for hydroxylation is 2. The molecule has 0 radical (unpaired) electrons. The van der Waals surface area contributed by atoms with Crippen LogP contribution in [0, 0.1) is 6.92 Å². The van der Waals surface area contributed by atoms with Gasteiger partial charge in [-0.15, -0.1) is 0 Å². The molecule has 1 N–H and O–H groups in total. The van der Waals surface area contributed by atoms with Gasteiger partial charge in [-0.1, -0.05) is 28.1 Å². The lowest BCUT2D eigenvalue weighted by Crippen LogP contribution is -2.34. The molecule has 0 atom stereocenters. The van der Waals surface area contributed by atoms with E-state index < -0.39 is 0 Å². The van der Waals surface area contributed by atoms with Crippen molar-refractivity contribution >= 4 is 21.6 Å². The van der Waals surface area contributed by atoms with E-state index in [0.717, 1.165) is 5.69 Å². The van der Waals surface area contributed by atoms with E-state index in [1.165, 1.54) is 28.6 Å². The molecule has 1 aromatic carbocycles. The first-order valence-electron chi connectivity index (χ1n) is 6.64. The van der Waals surface area contributed by atoms with Gasteiger partial charge >= 0.3 is 0 Å². The van der Waals surface area contributed by atoms with E-state index in [9.17, 15) is 0 Å². The van der Waals surface area contributed by atoms with Crippen molar-refractivity contribution in [2.45, 2.75) is 31.7 Å². The third kappa shape index (κ3) is 2.68. The summed E-state index contributed by atoms with van der Waals surface area (Å²) in [7, 11) is 1.96. The van der Waals surface area contributed by atoms with Gasteiger partial charge in [0.05, 0.1) is 11.4 Å². The fourth-order valence-electron chi connectivity index (χ4n) is 2.73. The van der Waals surface area contributed by atoms with Crippen molar-refractivity contribution in [3.8, 4) is 0 Å². The van der Waals surface area contributed by atoms with Crippen LogP contribution in [-0.4, -0.2) is 15.8 Å². The summed E-state index contributed by atoms with van der Waals surface area (Å²) in [6, 6.07) is 9.23. The molecule has 100 valence electrons. The summed E-state index contributed by atoms with van der Waals surface area (Å²) in [6.45, 7) is 2.05. The molecule has 4 heteroatoms. The van der Waals surface area contributed by atoms with E-state index in [-0.39, 0.29) is 0 Å². The second-order valence-corrected chi connectivity index (χ2v) is 6.28. The molecular formula is C15H18BrN3. The van der Waals surface area contributed by atoms with Gasteiger partial charge in [0.1, 0.15) is 0 Å². The van der Waals surface area contributed by atoms with Crippen molar-refractivity contribution in [3.63, 3.8) is 0 Å². The minimum Gasteiger partial charge on any atom is -0.380 e. The predicted molar refractivity (Wildman–Crippen MR) is 81.5 cm³/mol. The first kappa shape index (κ1) is 12.7. The lowest BCUT2D eigenvalue weighted by Gasteiger charge is -2.36. The predicted octanol–water partition coefficient (Wildman–Crippen LogP) is 3.85. The van der Waals surface area contributed by atoms with Gasteiger partial charge in [0, 0.05) is 23.8 Å². The van der Waals surface area contributed by atoms with Crippen LogP contribution in [0.5, 0.6) is 0 Å². The Kier molecular flexibility index (Phi) is 3.35. The average molecular weight is 320 g/mol. The maximum atomic E-state index is 4.36. The van der Waals surface area contributed by atoms with Crippen LogP contribution in [0.25, 0.3) is 0 Å². The summed E-state index contributed by atoms with van der Waals surface area (Å²) >= 11 is 3.54. The SMILES string of the molecule is Cc1nn(C)cc1NC1CC(c2cccc(Br)c2)C1. The van der Waals surface area contributed by atoms with Crippen LogP contribution in [0.2, 0.25) is 0 Å². The molecule has 1 heterocycles. The first-order chi connectivity index (χ1) is 9.11. The number of nitrogens with one attached hydrogen (secondary N) is 1. The fourth-order valence-corrected chi connectivity index (χ4v) is 3.15. The molecule has 0 unspecified atom stereocenters. The molecule has 0 amide bonds. The van der Waals surface area contributed by atoms with Gasteiger partial charge in [-0.25, -0.2) is 0 Å². The number of anilines is 1. The maximum Gasteiger partial charge on any atom is 0.0825 e. The van der Waals surface area contributed by atoms with Crippen LogP contribution in [0.4, 0.5) is 5.69 Å². The minimum absolute atomic E-state index is 0.576. The molecule has 3 rings (SSSR count). The molecular weight excluding hydrogens is 302 g/mol.